The molecule has 1 aliphatic heterocycles. The van der Waals surface area contributed by atoms with Crippen LogP contribution in [0.4, 0.5) is 5.13 Å². The second-order valence-electron chi connectivity index (χ2n) is 4.91. The molecule has 2 atom stereocenters. The van der Waals surface area contributed by atoms with Crippen LogP contribution in [0.2, 0.25) is 0 Å². The van der Waals surface area contributed by atoms with E-state index in [2.05, 4.69) is 18.7 Å². The van der Waals surface area contributed by atoms with Gasteiger partial charge in [-0.05, 0) is 18.8 Å². The van der Waals surface area contributed by atoms with Crippen LogP contribution in [-0.4, -0.2) is 31.3 Å². The van der Waals surface area contributed by atoms with Crippen LogP contribution in [0.1, 0.15) is 43.2 Å². The number of hydrogen-bond acceptors (Lipinski definition) is 5. The standard InChI is InChI=1S/C13H23N3OS/c1-4-9(2)12-11(7-14)18-13(15-12)16-6-5-10(8-16)17-3/h9-10H,4-8,14H2,1-3H3. The number of nitrogens with zero attached hydrogens (tertiary/aromatic N) is 2. The van der Waals surface area contributed by atoms with Crippen molar-refractivity contribution in [2.75, 3.05) is 25.1 Å². The van der Waals surface area contributed by atoms with Crippen molar-refractivity contribution in [1.82, 2.24) is 4.98 Å². The first-order valence-electron chi connectivity index (χ1n) is 6.67. The smallest absolute Gasteiger partial charge is 0.185 e. The molecule has 1 aromatic heterocycles. The summed E-state index contributed by atoms with van der Waals surface area (Å²) in [4.78, 5) is 8.37. The number of nitrogens with two attached hydrogens (primary N) is 1. The maximum Gasteiger partial charge on any atom is 0.185 e. The van der Waals surface area contributed by atoms with E-state index in [0.29, 0.717) is 18.6 Å². The van der Waals surface area contributed by atoms with Crippen LogP contribution in [0, 0.1) is 0 Å². The molecule has 1 fully saturated rings. The highest BCUT2D eigenvalue weighted by atomic mass is 32.1. The molecule has 2 rings (SSSR count). The first-order valence-corrected chi connectivity index (χ1v) is 7.48. The van der Waals surface area contributed by atoms with Crippen LogP contribution < -0.4 is 10.6 Å². The summed E-state index contributed by atoms with van der Waals surface area (Å²) < 4.78 is 5.41. The molecule has 102 valence electrons. The second-order valence-corrected chi connectivity index (χ2v) is 5.97. The Morgan fingerprint density at radius 1 is 1.61 bits per heavy atom. The number of thiazole rings is 1. The number of methoxy groups -OCH3 is 1. The zero-order chi connectivity index (χ0) is 13.1. The summed E-state index contributed by atoms with van der Waals surface area (Å²) in [5.74, 6) is 0.495. The molecule has 2 unspecified atom stereocenters. The fourth-order valence-corrected chi connectivity index (χ4v) is 3.40. The predicted molar refractivity (Wildman–Crippen MR) is 76.3 cm³/mol. The SMILES string of the molecule is CCC(C)c1nc(N2CCC(OC)C2)sc1CN. The highest BCUT2D eigenvalue weighted by Gasteiger charge is 2.26. The zero-order valence-corrected chi connectivity index (χ0v) is 12.3. The molecule has 0 bridgehead atoms. The Hall–Kier alpha value is -0.650. The van der Waals surface area contributed by atoms with Gasteiger partial charge in [0.15, 0.2) is 5.13 Å². The Morgan fingerprint density at radius 3 is 2.94 bits per heavy atom. The molecule has 1 saturated heterocycles. The van der Waals surface area contributed by atoms with Gasteiger partial charge in [-0.15, -0.1) is 11.3 Å². The summed E-state index contributed by atoms with van der Waals surface area (Å²) in [6.45, 7) is 7.00. The van der Waals surface area contributed by atoms with Crippen LogP contribution in [0.3, 0.4) is 0 Å². The van der Waals surface area contributed by atoms with Crippen molar-refractivity contribution in [3.8, 4) is 0 Å². The number of anilines is 1. The van der Waals surface area contributed by atoms with Gasteiger partial charge in [0.05, 0.1) is 11.8 Å². The van der Waals surface area contributed by atoms with E-state index >= 15 is 0 Å². The van der Waals surface area contributed by atoms with Gasteiger partial charge in [-0.2, -0.15) is 0 Å². The molecule has 0 spiro atoms. The topological polar surface area (TPSA) is 51.4 Å². The van der Waals surface area contributed by atoms with E-state index < -0.39 is 0 Å². The summed E-state index contributed by atoms with van der Waals surface area (Å²) in [7, 11) is 1.78. The largest absolute Gasteiger partial charge is 0.380 e. The predicted octanol–water partition coefficient (Wildman–Crippen LogP) is 2.34. The van der Waals surface area contributed by atoms with E-state index in [-0.39, 0.29) is 0 Å². The van der Waals surface area contributed by atoms with Crippen LogP contribution in [0.25, 0.3) is 0 Å². The van der Waals surface area contributed by atoms with Crippen LogP contribution in [-0.2, 0) is 11.3 Å². The third-order valence-electron chi connectivity index (χ3n) is 3.73. The molecule has 0 radical (unpaired) electrons. The molecule has 0 saturated carbocycles. The summed E-state index contributed by atoms with van der Waals surface area (Å²) in [5, 5.41) is 1.12. The highest BCUT2D eigenvalue weighted by molar-refractivity contribution is 7.15. The molecule has 0 aromatic carbocycles. The van der Waals surface area contributed by atoms with Crippen molar-refractivity contribution in [2.45, 2.75) is 45.3 Å². The van der Waals surface area contributed by atoms with Gasteiger partial charge in [0.25, 0.3) is 0 Å². The zero-order valence-electron chi connectivity index (χ0n) is 11.5. The van der Waals surface area contributed by atoms with Crippen LogP contribution >= 0.6 is 11.3 Å². The van der Waals surface area contributed by atoms with Gasteiger partial charge < -0.3 is 15.4 Å². The van der Waals surface area contributed by atoms with Crippen LogP contribution in [0.5, 0.6) is 0 Å². The molecule has 5 heteroatoms. The Labute approximate surface area is 113 Å². The average Bonchev–Trinajstić information content (AvgIpc) is 3.03. The molecular formula is C13H23N3OS. The molecule has 0 amide bonds. The molecule has 1 aliphatic rings. The molecular weight excluding hydrogens is 246 g/mol. The maximum absolute atomic E-state index is 5.84. The van der Waals surface area contributed by atoms with E-state index in [1.165, 1.54) is 10.6 Å². The normalized spacial score (nSPS) is 21.6. The fraction of sp³-hybridized carbons (Fsp3) is 0.769. The lowest BCUT2D eigenvalue weighted by Crippen LogP contribution is -2.22. The minimum absolute atomic E-state index is 0.349. The molecule has 0 aliphatic carbocycles. The first kappa shape index (κ1) is 13.8. The Morgan fingerprint density at radius 2 is 2.39 bits per heavy atom. The third-order valence-corrected chi connectivity index (χ3v) is 4.88. The van der Waals surface area contributed by atoms with E-state index in [4.69, 9.17) is 15.5 Å². The molecule has 4 nitrogen and oxygen atoms in total. The second kappa shape index (κ2) is 5.99. The highest BCUT2D eigenvalue weighted by Crippen LogP contribution is 2.33. The summed E-state index contributed by atoms with van der Waals surface area (Å²) in [6, 6.07) is 0. The minimum atomic E-state index is 0.349. The maximum atomic E-state index is 5.84. The number of hydrogen-bond donors (Lipinski definition) is 1. The summed E-state index contributed by atoms with van der Waals surface area (Å²) in [5.41, 5.74) is 7.03. The molecule has 18 heavy (non-hydrogen) atoms. The van der Waals surface area contributed by atoms with Crippen molar-refractivity contribution in [2.24, 2.45) is 5.73 Å². The van der Waals surface area contributed by atoms with Gasteiger partial charge in [0, 0.05) is 31.6 Å². The van der Waals surface area contributed by atoms with E-state index in [1.54, 1.807) is 18.4 Å². The third kappa shape index (κ3) is 2.68. The molecule has 1 aromatic rings. The van der Waals surface area contributed by atoms with Gasteiger partial charge in [-0.1, -0.05) is 13.8 Å². The van der Waals surface area contributed by atoms with Gasteiger partial charge >= 0.3 is 0 Å². The first-order chi connectivity index (χ1) is 8.69. The quantitative estimate of drug-likeness (QED) is 0.891. The fourth-order valence-electron chi connectivity index (χ4n) is 2.30. The van der Waals surface area contributed by atoms with Gasteiger partial charge in [0.1, 0.15) is 0 Å². The van der Waals surface area contributed by atoms with Gasteiger partial charge in [-0.25, -0.2) is 4.98 Å². The number of aromatic nitrogens is 1. The number of rotatable bonds is 5. The Kier molecular flexibility index (Phi) is 4.59. The average molecular weight is 269 g/mol. The van der Waals surface area contributed by atoms with Gasteiger partial charge in [-0.3, -0.25) is 0 Å². The molecule has 2 heterocycles. The number of ether oxygens (including phenoxy) is 1. The van der Waals surface area contributed by atoms with E-state index in [9.17, 15) is 0 Å². The van der Waals surface area contributed by atoms with Crippen molar-refractivity contribution < 1.29 is 4.74 Å². The Bertz CT molecular complexity index is 394. The van der Waals surface area contributed by atoms with E-state index in [1.807, 2.05) is 0 Å². The van der Waals surface area contributed by atoms with Crippen molar-refractivity contribution in [3.63, 3.8) is 0 Å². The molecule has 2 N–H and O–H groups in total. The van der Waals surface area contributed by atoms with Crippen molar-refractivity contribution in [1.29, 1.82) is 0 Å². The lowest BCUT2D eigenvalue weighted by Gasteiger charge is -2.14. The summed E-state index contributed by atoms with van der Waals surface area (Å²) in [6.07, 6.45) is 2.55. The van der Waals surface area contributed by atoms with Crippen molar-refractivity contribution >= 4 is 16.5 Å². The van der Waals surface area contributed by atoms with Gasteiger partial charge in [0.2, 0.25) is 0 Å². The lowest BCUT2D eigenvalue weighted by molar-refractivity contribution is 0.121. The van der Waals surface area contributed by atoms with E-state index in [0.717, 1.165) is 31.1 Å². The summed E-state index contributed by atoms with van der Waals surface area (Å²) >= 11 is 1.75. The van der Waals surface area contributed by atoms with Crippen molar-refractivity contribution in [3.05, 3.63) is 10.6 Å². The minimum Gasteiger partial charge on any atom is -0.380 e. The van der Waals surface area contributed by atoms with Crippen LogP contribution in [0.15, 0.2) is 0 Å². The monoisotopic (exact) mass is 269 g/mol. The Balaban J connectivity index is 2.17. The lowest BCUT2D eigenvalue weighted by atomic mass is 10.0.